The second-order valence-corrected chi connectivity index (χ2v) is 5.09. The van der Waals surface area contributed by atoms with Crippen molar-refractivity contribution in [1.29, 1.82) is 0 Å². The van der Waals surface area contributed by atoms with Crippen molar-refractivity contribution in [3.8, 4) is 0 Å². The number of amides is 1. The maximum Gasteiger partial charge on any atom is 0.390 e. The Morgan fingerprint density at radius 3 is 2.75 bits per heavy atom. The zero-order valence-corrected chi connectivity index (χ0v) is 11.5. The van der Waals surface area contributed by atoms with Crippen molar-refractivity contribution < 1.29 is 18.0 Å². The van der Waals surface area contributed by atoms with E-state index in [4.69, 9.17) is 11.6 Å². The minimum atomic E-state index is -4.29. The van der Waals surface area contributed by atoms with Crippen molar-refractivity contribution in [2.24, 2.45) is 0 Å². The molecule has 1 aliphatic rings. The van der Waals surface area contributed by atoms with Crippen LogP contribution in [0.4, 0.5) is 18.9 Å². The van der Waals surface area contributed by atoms with Crippen LogP contribution < -0.4 is 10.6 Å². The molecule has 2 N–H and O–H groups in total. The van der Waals surface area contributed by atoms with Crippen LogP contribution >= 0.6 is 11.6 Å². The first kappa shape index (κ1) is 15.1. The van der Waals surface area contributed by atoms with E-state index in [2.05, 4.69) is 10.6 Å². The molecule has 0 radical (unpaired) electrons. The minimum absolute atomic E-state index is 0.171. The van der Waals surface area contributed by atoms with Crippen LogP contribution in [-0.2, 0) is 11.2 Å². The quantitative estimate of drug-likeness (QED) is 0.894. The van der Waals surface area contributed by atoms with Gasteiger partial charge in [-0.05, 0) is 23.7 Å². The molecule has 1 atom stereocenters. The molecular weight excluding hydrogens is 293 g/mol. The second kappa shape index (κ2) is 5.61. The normalized spacial score (nSPS) is 15.9. The van der Waals surface area contributed by atoms with E-state index in [1.54, 1.807) is 13.0 Å². The fraction of sp³-hybridized carbons (Fsp3) is 0.462. The molecular formula is C13H14ClF3N2O. The van der Waals surface area contributed by atoms with E-state index in [-0.39, 0.29) is 17.4 Å². The summed E-state index contributed by atoms with van der Waals surface area (Å²) < 4.78 is 37.9. The number of hydrogen-bond acceptors (Lipinski definition) is 2. The maximum atomic E-state index is 12.6. The van der Waals surface area contributed by atoms with Gasteiger partial charge < -0.3 is 10.6 Å². The number of anilines is 1. The van der Waals surface area contributed by atoms with Crippen LogP contribution in [0, 0.1) is 0 Å². The van der Waals surface area contributed by atoms with Crippen LogP contribution in [0.25, 0.3) is 0 Å². The Balaban J connectivity index is 2.34. The maximum absolute atomic E-state index is 12.6. The molecule has 0 aliphatic carbocycles. The summed E-state index contributed by atoms with van der Waals surface area (Å²) in [5.74, 6) is -0.177. The molecule has 1 unspecified atom stereocenters. The predicted octanol–water partition coefficient (Wildman–Crippen LogP) is 3.44. The Hall–Kier alpha value is -1.27. The van der Waals surface area contributed by atoms with Gasteiger partial charge >= 0.3 is 6.18 Å². The lowest BCUT2D eigenvalue weighted by atomic mass is 9.99. The van der Waals surface area contributed by atoms with Crippen LogP contribution in [0.2, 0.25) is 5.02 Å². The summed E-state index contributed by atoms with van der Waals surface area (Å²) in [7, 11) is 0. The van der Waals surface area contributed by atoms with Crippen molar-refractivity contribution in [2.45, 2.75) is 32.0 Å². The smallest absolute Gasteiger partial charge is 0.325 e. The fourth-order valence-electron chi connectivity index (χ4n) is 2.30. The van der Waals surface area contributed by atoms with Crippen molar-refractivity contribution in [3.63, 3.8) is 0 Å². The van der Waals surface area contributed by atoms with E-state index in [0.29, 0.717) is 23.4 Å². The molecule has 0 aromatic heterocycles. The lowest BCUT2D eigenvalue weighted by molar-refractivity contribution is -0.140. The summed E-state index contributed by atoms with van der Waals surface area (Å²) in [6, 6.07) is 2.18. The van der Waals surface area contributed by atoms with E-state index in [1.165, 1.54) is 6.07 Å². The van der Waals surface area contributed by atoms with Gasteiger partial charge in [-0.2, -0.15) is 13.2 Å². The van der Waals surface area contributed by atoms with E-state index in [9.17, 15) is 18.0 Å². The summed E-state index contributed by atoms with van der Waals surface area (Å²) >= 11 is 6.06. The lowest BCUT2D eigenvalue weighted by Crippen LogP contribution is -2.26. The number of carbonyl (C=O) groups excluding carboxylic acids is 1. The van der Waals surface area contributed by atoms with E-state index in [0.717, 1.165) is 0 Å². The number of benzene rings is 1. The van der Waals surface area contributed by atoms with Crippen LogP contribution in [0.3, 0.4) is 0 Å². The lowest BCUT2D eigenvalue weighted by Gasteiger charge is -2.21. The molecule has 0 spiro atoms. The molecule has 2 rings (SSSR count). The number of fused-ring (bicyclic) bond motifs is 1. The predicted molar refractivity (Wildman–Crippen MR) is 70.9 cm³/mol. The number of alkyl halides is 3. The highest BCUT2D eigenvalue weighted by Crippen LogP contribution is 2.37. The van der Waals surface area contributed by atoms with Crippen LogP contribution in [-0.4, -0.2) is 18.6 Å². The Bertz CT molecular complexity index is 531. The van der Waals surface area contributed by atoms with Gasteiger partial charge in [0.1, 0.15) is 0 Å². The first-order chi connectivity index (χ1) is 9.30. The summed E-state index contributed by atoms with van der Waals surface area (Å²) in [6.45, 7) is 2.13. The Labute approximate surface area is 119 Å². The molecule has 20 heavy (non-hydrogen) atoms. The highest BCUT2D eigenvalue weighted by atomic mass is 35.5. The van der Waals surface area contributed by atoms with Gasteiger partial charge in [-0.15, -0.1) is 0 Å². The molecule has 0 fully saturated rings. The van der Waals surface area contributed by atoms with Gasteiger partial charge in [-0.25, -0.2) is 0 Å². The number of rotatable bonds is 4. The Morgan fingerprint density at radius 1 is 1.45 bits per heavy atom. The van der Waals surface area contributed by atoms with E-state index in [1.807, 2.05) is 0 Å². The molecule has 1 heterocycles. The molecule has 0 bridgehead atoms. The van der Waals surface area contributed by atoms with Gasteiger partial charge in [0.2, 0.25) is 5.91 Å². The third-order valence-corrected chi connectivity index (χ3v) is 3.44. The average molecular weight is 307 g/mol. The van der Waals surface area contributed by atoms with Gasteiger partial charge in [0.05, 0.1) is 12.8 Å². The third kappa shape index (κ3) is 3.43. The van der Waals surface area contributed by atoms with Crippen LogP contribution in [0.15, 0.2) is 12.1 Å². The molecule has 3 nitrogen and oxygen atoms in total. The highest BCUT2D eigenvalue weighted by Gasteiger charge is 2.34. The number of nitrogens with one attached hydrogen (secondary N) is 2. The fourth-order valence-corrected chi connectivity index (χ4v) is 2.60. The van der Waals surface area contributed by atoms with Gasteiger partial charge in [0.25, 0.3) is 0 Å². The molecule has 1 aromatic carbocycles. The topological polar surface area (TPSA) is 41.1 Å². The first-order valence-electron chi connectivity index (χ1n) is 6.22. The standard InChI is InChI=1S/C13H14ClF3N2O/c1-2-18-11(6-13(15,16)17)8-3-7-4-12(20)19-10(7)5-9(8)14/h3,5,11,18H,2,4,6H2,1H3,(H,19,20). The molecule has 0 saturated carbocycles. The summed E-state index contributed by atoms with van der Waals surface area (Å²) in [5, 5.41) is 5.63. The van der Waals surface area contributed by atoms with Crippen molar-refractivity contribution >= 4 is 23.2 Å². The summed E-state index contributed by atoms with van der Waals surface area (Å²) in [5.41, 5.74) is 1.63. The largest absolute Gasteiger partial charge is 0.390 e. The van der Waals surface area contributed by atoms with Gasteiger partial charge in [0, 0.05) is 16.8 Å². The highest BCUT2D eigenvalue weighted by molar-refractivity contribution is 6.32. The van der Waals surface area contributed by atoms with Crippen molar-refractivity contribution in [1.82, 2.24) is 5.32 Å². The van der Waals surface area contributed by atoms with Gasteiger partial charge in [-0.1, -0.05) is 24.6 Å². The zero-order valence-electron chi connectivity index (χ0n) is 10.8. The monoisotopic (exact) mass is 306 g/mol. The van der Waals surface area contributed by atoms with Crippen LogP contribution in [0.5, 0.6) is 0 Å². The molecule has 1 aromatic rings. The SMILES string of the molecule is CCNC(CC(F)(F)F)c1cc2c(cc1Cl)NC(=O)C2. The minimum Gasteiger partial charge on any atom is -0.325 e. The molecule has 110 valence electrons. The van der Waals surface area contributed by atoms with E-state index >= 15 is 0 Å². The Kier molecular flexibility index (Phi) is 4.25. The van der Waals surface area contributed by atoms with Crippen LogP contribution in [0.1, 0.15) is 30.5 Å². The summed E-state index contributed by atoms with van der Waals surface area (Å²) in [4.78, 5) is 11.3. The average Bonchev–Trinajstić information content (AvgIpc) is 2.65. The zero-order chi connectivity index (χ0) is 14.9. The van der Waals surface area contributed by atoms with Crippen molar-refractivity contribution in [2.75, 3.05) is 11.9 Å². The molecule has 1 aliphatic heterocycles. The van der Waals surface area contributed by atoms with E-state index < -0.39 is 18.6 Å². The molecule has 7 heteroatoms. The first-order valence-corrected chi connectivity index (χ1v) is 6.60. The third-order valence-electron chi connectivity index (χ3n) is 3.11. The summed E-state index contributed by atoms with van der Waals surface area (Å²) in [6.07, 6.45) is -5.12. The van der Waals surface area contributed by atoms with Gasteiger partial charge in [-0.3, -0.25) is 4.79 Å². The van der Waals surface area contributed by atoms with Crippen molar-refractivity contribution in [3.05, 3.63) is 28.3 Å². The number of halogens is 4. The van der Waals surface area contributed by atoms with Gasteiger partial charge in [0.15, 0.2) is 0 Å². The Morgan fingerprint density at radius 2 is 2.15 bits per heavy atom. The number of carbonyl (C=O) groups is 1. The molecule has 0 saturated heterocycles. The number of hydrogen-bond donors (Lipinski definition) is 2. The second-order valence-electron chi connectivity index (χ2n) is 4.69. The molecule has 1 amide bonds.